The molecule has 1 saturated carbocycles. The summed E-state index contributed by atoms with van der Waals surface area (Å²) in [6.45, 7) is 12.5. The topological polar surface area (TPSA) is 35.5 Å². The van der Waals surface area contributed by atoms with Crippen LogP contribution in [-0.2, 0) is 14.3 Å². The Bertz CT molecular complexity index is 481. The fourth-order valence-electron chi connectivity index (χ4n) is 4.61. The molecule has 1 heterocycles. The van der Waals surface area contributed by atoms with Crippen LogP contribution in [0.25, 0.3) is 0 Å². The lowest BCUT2D eigenvalue weighted by atomic mass is 9.50. The highest BCUT2D eigenvalue weighted by atomic mass is 16.7. The first kappa shape index (κ1) is 16.2. The van der Waals surface area contributed by atoms with Crippen LogP contribution >= 0.6 is 0 Å². The van der Waals surface area contributed by atoms with E-state index in [0.717, 1.165) is 38.9 Å². The number of hydrogen-bond acceptors (Lipinski definition) is 3. The molecule has 2 fully saturated rings. The van der Waals surface area contributed by atoms with Crippen LogP contribution in [0.15, 0.2) is 12.2 Å². The van der Waals surface area contributed by atoms with Gasteiger partial charge in [0.1, 0.15) is 0 Å². The van der Waals surface area contributed by atoms with Gasteiger partial charge in [-0.25, -0.2) is 0 Å². The van der Waals surface area contributed by atoms with Crippen molar-refractivity contribution >= 4 is 5.78 Å². The van der Waals surface area contributed by atoms with Crippen LogP contribution in [0.4, 0.5) is 0 Å². The molecule has 0 aromatic heterocycles. The molecule has 1 unspecified atom stereocenters. The van der Waals surface area contributed by atoms with Gasteiger partial charge in [0.15, 0.2) is 11.6 Å². The largest absolute Gasteiger partial charge is 0.349 e. The molecule has 0 aromatic carbocycles. The van der Waals surface area contributed by atoms with Crippen molar-refractivity contribution in [3.8, 4) is 0 Å². The van der Waals surface area contributed by atoms with Gasteiger partial charge >= 0.3 is 0 Å². The van der Waals surface area contributed by atoms with E-state index in [1.165, 1.54) is 0 Å². The molecule has 124 valence electrons. The molecule has 0 amide bonds. The molecule has 1 aliphatic heterocycles. The normalized spacial score (nSPS) is 35.0. The fraction of sp³-hybridized carbons (Fsp3) is 0.842. The minimum absolute atomic E-state index is 0.0454. The van der Waals surface area contributed by atoms with Crippen molar-refractivity contribution < 1.29 is 14.3 Å². The van der Waals surface area contributed by atoms with E-state index in [1.54, 1.807) is 6.08 Å². The summed E-state index contributed by atoms with van der Waals surface area (Å²) in [6.07, 6.45) is 7.71. The lowest BCUT2D eigenvalue weighted by molar-refractivity contribution is -0.320. The highest BCUT2D eigenvalue weighted by Crippen LogP contribution is 2.60. The van der Waals surface area contributed by atoms with E-state index in [1.807, 2.05) is 0 Å². The molecule has 1 saturated heterocycles. The second-order valence-electron chi connectivity index (χ2n) is 8.99. The lowest BCUT2D eigenvalue weighted by Crippen LogP contribution is -2.56. The molecular weight excluding hydrogens is 276 g/mol. The first-order chi connectivity index (χ1) is 10.1. The number of rotatable bonds is 0. The maximum absolute atomic E-state index is 12.3. The summed E-state index contributed by atoms with van der Waals surface area (Å²) in [5.74, 6) is -0.0346. The van der Waals surface area contributed by atoms with E-state index in [-0.39, 0.29) is 27.9 Å². The summed E-state index contributed by atoms with van der Waals surface area (Å²) < 4.78 is 12.3. The van der Waals surface area contributed by atoms with Gasteiger partial charge in [0.25, 0.3) is 0 Å². The van der Waals surface area contributed by atoms with E-state index >= 15 is 0 Å². The molecule has 22 heavy (non-hydrogen) atoms. The monoisotopic (exact) mass is 306 g/mol. The van der Waals surface area contributed by atoms with Gasteiger partial charge in [0, 0.05) is 24.2 Å². The summed E-state index contributed by atoms with van der Waals surface area (Å²) in [7, 11) is 0. The molecule has 0 aromatic rings. The summed E-state index contributed by atoms with van der Waals surface area (Å²) in [6, 6.07) is 0. The van der Waals surface area contributed by atoms with Gasteiger partial charge in [0.2, 0.25) is 0 Å². The van der Waals surface area contributed by atoms with Crippen LogP contribution in [0.2, 0.25) is 0 Å². The fourth-order valence-corrected chi connectivity index (χ4v) is 4.61. The van der Waals surface area contributed by atoms with E-state index in [0.29, 0.717) is 0 Å². The van der Waals surface area contributed by atoms with Crippen molar-refractivity contribution in [1.82, 2.24) is 0 Å². The number of carbonyl (C=O) groups excluding carboxylic acids is 1. The van der Waals surface area contributed by atoms with Gasteiger partial charge < -0.3 is 9.47 Å². The molecule has 2 aliphatic carbocycles. The highest BCUT2D eigenvalue weighted by Gasteiger charge is 2.56. The minimum atomic E-state index is -0.402. The van der Waals surface area contributed by atoms with Crippen LogP contribution in [0, 0.1) is 22.2 Å². The van der Waals surface area contributed by atoms with E-state index < -0.39 is 5.79 Å². The third-order valence-electron chi connectivity index (χ3n) is 6.56. The van der Waals surface area contributed by atoms with Gasteiger partial charge in [-0.15, -0.1) is 0 Å². The zero-order chi connectivity index (χ0) is 16.2. The van der Waals surface area contributed by atoms with Crippen LogP contribution in [0.5, 0.6) is 0 Å². The Balaban J connectivity index is 1.78. The van der Waals surface area contributed by atoms with Crippen molar-refractivity contribution in [3.63, 3.8) is 0 Å². The molecular formula is C19H30O3. The van der Waals surface area contributed by atoms with E-state index in [2.05, 4.69) is 40.7 Å². The van der Waals surface area contributed by atoms with Crippen molar-refractivity contribution in [3.05, 3.63) is 12.2 Å². The van der Waals surface area contributed by atoms with E-state index in [4.69, 9.17) is 9.47 Å². The number of ether oxygens (including phenoxy) is 2. The predicted molar refractivity (Wildman–Crippen MR) is 86.4 cm³/mol. The highest BCUT2D eigenvalue weighted by molar-refractivity contribution is 5.93. The van der Waals surface area contributed by atoms with Gasteiger partial charge in [-0.1, -0.05) is 40.7 Å². The number of ketones is 1. The second-order valence-corrected chi connectivity index (χ2v) is 8.99. The summed E-state index contributed by atoms with van der Waals surface area (Å²) in [5.41, 5.74) is 0.204. The van der Waals surface area contributed by atoms with Gasteiger partial charge in [-0.05, 0) is 29.7 Å². The summed E-state index contributed by atoms with van der Waals surface area (Å²) in [5, 5.41) is 0. The molecule has 3 aliphatic rings. The number of allylic oxidation sites excluding steroid dienone is 2. The summed E-state index contributed by atoms with van der Waals surface area (Å²) in [4.78, 5) is 12.3. The third kappa shape index (κ3) is 2.37. The van der Waals surface area contributed by atoms with Gasteiger partial charge in [0.05, 0.1) is 13.2 Å². The van der Waals surface area contributed by atoms with Crippen LogP contribution in [0.3, 0.4) is 0 Å². The zero-order valence-electron chi connectivity index (χ0n) is 14.7. The Labute approximate surface area is 134 Å². The predicted octanol–water partition coefficient (Wildman–Crippen LogP) is 4.12. The lowest BCUT2D eigenvalue weighted by Gasteiger charge is -2.57. The van der Waals surface area contributed by atoms with Gasteiger partial charge in [-0.3, -0.25) is 4.79 Å². The molecule has 0 radical (unpaired) electrons. The SMILES string of the molecule is CC1C(=O)C=CC(C)(C)C12CCC1(CC2)OCC(C)(C)CO1. The van der Waals surface area contributed by atoms with Crippen molar-refractivity contribution in [2.75, 3.05) is 13.2 Å². The number of hydrogen-bond donors (Lipinski definition) is 0. The molecule has 0 bridgehead atoms. The molecule has 2 spiro atoms. The van der Waals surface area contributed by atoms with E-state index in [9.17, 15) is 4.79 Å². The van der Waals surface area contributed by atoms with Crippen molar-refractivity contribution in [2.45, 2.75) is 66.1 Å². The Morgan fingerprint density at radius 3 is 2.09 bits per heavy atom. The number of carbonyl (C=O) groups is 1. The Morgan fingerprint density at radius 1 is 1.00 bits per heavy atom. The molecule has 3 nitrogen and oxygen atoms in total. The standard InChI is InChI=1S/C19H30O3/c1-14-15(20)6-7-17(4,5)18(14)8-10-19(11-9-18)21-12-16(2,3)13-22-19/h6-7,14H,8-13H2,1-5H3. The quantitative estimate of drug-likeness (QED) is 0.675. The molecule has 3 heteroatoms. The first-order valence-corrected chi connectivity index (χ1v) is 8.63. The average Bonchev–Trinajstić information content (AvgIpc) is 2.47. The molecule has 0 N–H and O–H groups in total. The van der Waals surface area contributed by atoms with Crippen molar-refractivity contribution in [2.24, 2.45) is 22.2 Å². The Hall–Kier alpha value is -0.670. The maximum Gasteiger partial charge on any atom is 0.168 e. The summed E-state index contributed by atoms with van der Waals surface area (Å²) >= 11 is 0. The first-order valence-electron chi connectivity index (χ1n) is 8.63. The second kappa shape index (κ2) is 4.91. The minimum Gasteiger partial charge on any atom is -0.349 e. The maximum atomic E-state index is 12.3. The van der Waals surface area contributed by atoms with Crippen LogP contribution in [-0.4, -0.2) is 24.8 Å². The third-order valence-corrected chi connectivity index (χ3v) is 6.56. The Kier molecular flexibility index (Phi) is 3.62. The van der Waals surface area contributed by atoms with Crippen LogP contribution < -0.4 is 0 Å². The van der Waals surface area contributed by atoms with Gasteiger partial charge in [-0.2, -0.15) is 0 Å². The van der Waals surface area contributed by atoms with Crippen molar-refractivity contribution in [1.29, 1.82) is 0 Å². The average molecular weight is 306 g/mol. The molecule has 3 rings (SSSR count). The smallest absolute Gasteiger partial charge is 0.168 e. The zero-order valence-corrected chi connectivity index (χ0v) is 14.7. The molecule has 1 atom stereocenters. The van der Waals surface area contributed by atoms with Crippen LogP contribution in [0.1, 0.15) is 60.3 Å². The Morgan fingerprint density at radius 2 is 1.55 bits per heavy atom.